The fourth-order valence-electron chi connectivity index (χ4n) is 1.20. The Kier molecular flexibility index (Phi) is 2.35. The van der Waals surface area contributed by atoms with Crippen molar-refractivity contribution >= 4 is 0 Å². The molecule has 0 aliphatic carbocycles. The van der Waals surface area contributed by atoms with Gasteiger partial charge in [0, 0.05) is 6.42 Å². The summed E-state index contributed by atoms with van der Waals surface area (Å²) in [6.45, 7) is 5.62. The van der Waals surface area contributed by atoms with E-state index >= 15 is 0 Å². The van der Waals surface area contributed by atoms with Crippen LogP contribution < -0.4 is 0 Å². The van der Waals surface area contributed by atoms with Gasteiger partial charge in [-0.3, -0.25) is 0 Å². The number of aliphatic hydroxyl groups is 1. The molecular weight excluding hydrogens is 140 g/mol. The second-order valence-electron chi connectivity index (χ2n) is 2.99. The number of aliphatic hydroxyl groups excluding tert-OH is 1. The van der Waals surface area contributed by atoms with Gasteiger partial charge in [-0.25, -0.2) is 0 Å². The van der Waals surface area contributed by atoms with E-state index in [4.69, 9.17) is 9.52 Å². The number of rotatable bonds is 2. The molecule has 0 aromatic carbocycles. The van der Waals surface area contributed by atoms with Crippen molar-refractivity contribution in [3.63, 3.8) is 0 Å². The summed E-state index contributed by atoms with van der Waals surface area (Å²) in [6, 6.07) is 1.97. The van der Waals surface area contributed by atoms with Crippen molar-refractivity contribution in [1.29, 1.82) is 0 Å². The molecule has 0 amide bonds. The number of aryl methyl sites for hydroxylation is 2. The molecule has 1 aromatic rings. The van der Waals surface area contributed by atoms with Crippen LogP contribution in [0.3, 0.4) is 0 Å². The molecule has 2 heteroatoms. The second-order valence-corrected chi connectivity index (χ2v) is 2.99. The van der Waals surface area contributed by atoms with E-state index in [1.54, 1.807) is 6.92 Å². The first kappa shape index (κ1) is 8.34. The highest BCUT2D eigenvalue weighted by atomic mass is 16.3. The molecule has 0 unspecified atom stereocenters. The first-order valence-electron chi connectivity index (χ1n) is 3.83. The fourth-order valence-corrected chi connectivity index (χ4v) is 1.20. The van der Waals surface area contributed by atoms with Crippen molar-refractivity contribution in [3.05, 3.63) is 23.2 Å². The summed E-state index contributed by atoms with van der Waals surface area (Å²) in [5.41, 5.74) is 1.11. The molecule has 0 fully saturated rings. The van der Waals surface area contributed by atoms with Crippen molar-refractivity contribution in [3.8, 4) is 0 Å². The number of hydrogen-bond donors (Lipinski definition) is 1. The Morgan fingerprint density at radius 3 is 2.55 bits per heavy atom. The van der Waals surface area contributed by atoms with Gasteiger partial charge in [-0.2, -0.15) is 0 Å². The Morgan fingerprint density at radius 1 is 1.55 bits per heavy atom. The Bertz CT molecular complexity index is 236. The third kappa shape index (κ3) is 2.09. The highest BCUT2D eigenvalue weighted by Gasteiger charge is 2.06. The van der Waals surface area contributed by atoms with Gasteiger partial charge in [-0.05, 0) is 32.4 Å². The van der Waals surface area contributed by atoms with Crippen molar-refractivity contribution in [2.75, 3.05) is 0 Å². The van der Waals surface area contributed by atoms with E-state index in [0.29, 0.717) is 6.42 Å². The molecule has 0 saturated heterocycles. The first-order valence-corrected chi connectivity index (χ1v) is 3.83. The summed E-state index contributed by atoms with van der Waals surface area (Å²) in [4.78, 5) is 0. The minimum absolute atomic E-state index is 0.286. The molecule has 0 spiro atoms. The molecule has 1 heterocycles. The Balaban J connectivity index is 2.77. The third-order valence-corrected chi connectivity index (χ3v) is 1.66. The lowest BCUT2D eigenvalue weighted by Crippen LogP contribution is -2.03. The largest absolute Gasteiger partial charge is 0.466 e. The smallest absolute Gasteiger partial charge is 0.104 e. The summed E-state index contributed by atoms with van der Waals surface area (Å²) in [5, 5.41) is 9.10. The minimum Gasteiger partial charge on any atom is -0.466 e. The van der Waals surface area contributed by atoms with Crippen LogP contribution >= 0.6 is 0 Å². The highest BCUT2D eigenvalue weighted by molar-refractivity contribution is 5.20. The molecule has 1 N–H and O–H groups in total. The van der Waals surface area contributed by atoms with Crippen LogP contribution in [0.2, 0.25) is 0 Å². The third-order valence-electron chi connectivity index (χ3n) is 1.66. The van der Waals surface area contributed by atoms with Crippen LogP contribution in [-0.2, 0) is 6.42 Å². The summed E-state index contributed by atoms with van der Waals surface area (Å²) in [7, 11) is 0. The van der Waals surface area contributed by atoms with Gasteiger partial charge in [0.05, 0.1) is 6.10 Å². The van der Waals surface area contributed by atoms with Gasteiger partial charge in [0.1, 0.15) is 11.5 Å². The first-order chi connectivity index (χ1) is 5.09. The molecule has 1 aromatic heterocycles. The van der Waals surface area contributed by atoms with Crippen LogP contribution in [-0.4, -0.2) is 11.2 Å². The maximum absolute atomic E-state index is 9.10. The standard InChI is InChI=1S/C9H14O2/c1-6(10)4-9-5-7(2)11-8(9)3/h5-6,10H,4H2,1-3H3/t6-/m0/s1. The normalized spacial score (nSPS) is 13.5. The summed E-state index contributed by atoms with van der Waals surface area (Å²) in [6.07, 6.45) is 0.397. The van der Waals surface area contributed by atoms with E-state index in [1.807, 2.05) is 19.9 Å². The van der Waals surface area contributed by atoms with Gasteiger partial charge >= 0.3 is 0 Å². The van der Waals surface area contributed by atoms with Gasteiger partial charge in [0.15, 0.2) is 0 Å². The van der Waals surface area contributed by atoms with Crippen molar-refractivity contribution in [1.82, 2.24) is 0 Å². The van der Waals surface area contributed by atoms with Gasteiger partial charge in [0.25, 0.3) is 0 Å². The van der Waals surface area contributed by atoms with E-state index in [-0.39, 0.29) is 6.10 Å². The zero-order chi connectivity index (χ0) is 8.43. The highest BCUT2D eigenvalue weighted by Crippen LogP contribution is 2.15. The zero-order valence-corrected chi connectivity index (χ0v) is 7.22. The lowest BCUT2D eigenvalue weighted by atomic mass is 10.1. The van der Waals surface area contributed by atoms with Crippen LogP contribution in [0.5, 0.6) is 0 Å². The maximum Gasteiger partial charge on any atom is 0.104 e. The molecule has 1 rings (SSSR count). The predicted molar refractivity (Wildman–Crippen MR) is 43.6 cm³/mol. The molecule has 0 radical (unpaired) electrons. The molecule has 11 heavy (non-hydrogen) atoms. The van der Waals surface area contributed by atoms with Crippen LogP contribution in [0, 0.1) is 13.8 Å². The van der Waals surface area contributed by atoms with Crippen LogP contribution in [0.15, 0.2) is 10.5 Å². The van der Waals surface area contributed by atoms with Crippen molar-refractivity contribution < 1.29 is 9.52 Å². The van der Waals surface area contributed by atoms with Crippen LogP contribution in [0.4, 0.5) is 0 Å². The fraction of sp³-hybridized carbons (Fsp3) is 0.556. The Morgan fingerprint density at radius 2 is 2.18 bits per heavy atom. The van der Waals surface area contributed by atoms with Gasteiger partial charge in [-0.1, -0.05) is 0 Å². The quantitative estimate of drug-likeness (QED) is 0.704. The monoisotopic (exact) mass is 154 g/mol. The van der Waals surface area contributed by atoms with E-state index in [9.17, 15) is 0 Å². The molecule has 0 aliphatic rings. The molecule has 0 saturated carbocycles. The average Bonchev–Trinajstić information content (AvgIpc) is 2.09. The van der Waals surface area contributed by atoms with Crippen LogP contribution in [0.1, 0.15) is 24.0 Å². The minimum atomic E-state index is -0.286. The Hall–Kier alpha value is -0.760. The van der Waals surface area contributed by atoms with E-state index < -0.39 is 0 Å². The lowest BCUT2D eigenvalue weighted by Gasteiger charge is -2.00. The second kappa shape index (κ2) is 3.09. The van der Waals surface area contributed by atoms with Gasteiger partial charge < -0.3 is 9.52 Å². The zero-order valence-electron chi connectivity index (χ0n) is 7.22. The lowest BCUT2D eigenvalue weighted by molar-refractivity contribution is 0.195. The van der Waals surface area contributed by atoms with Crippen LogP contribution in [0.25, 0.3) is 0 Å². The molecule has 62 valence electrons. The van der Waals surface area contributed by atoms with Gasteiger partial charge in [-0.15, -0.1) is 0 Å². The number of hydrogen-bond acceptors (Lipinski definition) is 2. The molecular formula is C9H14O2. The van der Waals surface area contributed by atoms with Crippen molar-refractivity contribution in [2.24, 2.45) is 0 Å². The van der Waals surface area contributed by atoms with E-state index in [2.05, 4.69) is 0 Å². The number of furan rings is 1. The summed E-state index contributed by atoms with van der Waals surface area (Å²) in [5.74, 6) is 1.83. The molecule has 0 bridgehead atoms. The Labute approximate surface area is 66.8 Å². The van der Waals surface area contributed by atoms with E-state index in [1.165, 1.54) is 0 Å². The molecule has 1 atom stereocenters. The molecule has 2 nitrogen and oxygen atoms in total. The predicted octanol–water partition coefficient (Wildman–Crippen LogP) is 1.82. The topological polar surface area (TPSA) is 33.4 Å². The summed E-state index contributed by atoms with van der Waals surface area (Å²) < 4.78 is 5.30. The maximum atomic E-state index is 9.10. The molecule has 0 aliphatic heterocycles. The van der Waals surface area contributed by atoms with Crippen molar-refractivity contribution in [2.45, 2.75) is 33.3 Å². The van der Waals surface area contributed by atoms with E-state index in [0.717, 1.165) is 17.1 Å². The summed E-state index contributed by atoms with van der Waals surface area (Å²) >= 11 is 0. The average molecular weight is 154 g/mol. The van der Waals surface area contributed by atoms with Gasteiger partial charge in [0.2, 0.25) is 0 Å². The SMILES string of the molecule is Cc1cc(C[C@H](C)O)c(C)o1.